The number of pyridine rings is 1. The van der Waals surface area contributed by atoms with Gasteiger partial charge in [-0.3, -0.25) is 10.6 Å². The second kappa shape index (κ2) is 6.08. The molecule has 1 amide bonds. The van der Waals surface area contributed by atoms with E-state index in [0.717, 1.165) is 11.4 Å². The van der Waals surface area contributed by atoms with Crippen LogP contribution in [0.15, 0.2) is 29.9 Å². The summed E-state index contributed by atoms with van der Waals surface area (Å²) in [6, 6.07) is 3.32. The number of hydrogen-bond donors (Lipinski definition) is 3. The molecule has 6 nitrogen and oxygen atoms in total. The predicted molar refractivity (Wildman–Crippen MR) is 70.2 cm³/mol. The smallest absolute Gasteiger partial charge is 0.269 e. The highest BCUT2D eigenvalue weighted by Crippen LogP contribution is 2.05. The first-order valence-corrected chi connectivity index (χ1v) is 6.27. The van der Waals surface area contributed by atoms with Gasteiger partial charge in [-0.2, -0.15) is 0 Å². The molecule has 0 spiro atoms. The Morgan fingerprint density at radius 3 is 2.89 bits per heavy atom. The molecule has 0 aliphatic rings. The molecule has 0 fully saturated rings. The minimum Gasteiger partial charge on any atom is -0.350 e. The number of nitrogen functional groups attached to an aromatic ring is 1. The fourth-order valence-electron chi connectivity index (χ4n) is 1.36. The summed E-state index contributed by atoms with van der Waals surface area (Å²) in [5.74, 6) is 5.02. The van der Waals surface area contributed by atoms with Crippen molar-refractivity contribution < 1.29 is 4.79 Å². The molecular formula is C11H13N5OS. The molecular weight excluding hydrogens is 250 g/mol. The number of aromatic nitrogens is 2. The van der Waals surface area contributed by atoms with Gasteiger partial charge in [0.05, 0.1) is 16.9 Å². The van der Waals surface area contributed by atoms with Gasteiger partial charge in [0.25, 0.3) is 5.91 Å². The topological polar surface area (TPSA) is 92.9 Å². The number of rotatable bonds is 5. The molecule has 0 unspecified atom stereocenters. The lowest BCUT2D eigenvalue weighted by atomic mass is 10.3. The fraction of sp³-hybridized carbons (Fsp3) is 0.182. The predicted octanol–water partition coefficient (Wildman–Crippen LogP) is 0.796. The van der Waals surface area contributed by atoms with Crippen LogP contribution < -0.4 is 16.6 Å². The molecule has 4 N–H and O–H groups in total. The third-order valence-electron chi connectivity index (χ3n) is 2.27. The normalized spacial score (nSPS) is 10.1. The monoisotopic (exact) mass is 263 g/mol. The number of nitrogens with zero attached hydrogens (tertiary/aromatic N) is 2. The van der Waals surface area contributed by atoms with E-state index < -0.39 is 0 Å². The number of nitrogens with two attached hydrogens (primary N) is 1. The first kappa shape index (κ1) is 12.5. The third-order valence-corrected chi connectivity index (χ3v) is 3.11. The number of hydrogen-bond acceptors (Lipinski definition) is 6. The van der Waals surface area contributed by atoms with E-state index >= 15 is 0 Å². The Kier molecular flexibility index (Phi) is 4.21. The fourth-order valence-corrected chi connectivity index (χ4v) is 1.98. The summed E-state index contributed by atoms with van der Waals surface area (Å²) < 4.78 is 0. The Morgan fingerprint density at radius 1 is 1.39 bits per heavy atom. The van der Waals surface area contributed by atoms with E-state index in [4.69, 9.17) is 5.84 Å². The van der Waals surface area contributed by atoms with Crippen LogP contribution in [0.5, 0.6) is 0 Å². The van der Waals surface area contributed by atoms with E-state index in [-0.39, 0.29) is 5.91 Å². The second-order valence-electron chi connectivity index (χ2n) is 3.51. The molecule has 0 bridgehead atoms. The number of carbonyl (C=O) groups excluding carboxylic acids is 1. The van der Waals surface area contributed by atoms with Crippen LogP contribution in [-0.2, 0) is 6.42 Å². The SMILES string of the molecule is NNc1ccc(C(=O)NCCc2nccs2)nc1. The van der Waals surface area contributed by atoms with E-state index in [1.165, 1.54) is 6.20 Å². The highest BCUT2D eigenvalue weighted by Gasteiger charge is 2.06. The van der Waals surface area contributed by atoms with E-state index in [9.17, 15) is 4.79 Å². The van der Waals surface area contributed by atoms with Crippen molar-refractivity contribution in [3.63, 3.8) is 0 Å². The van der Waals surface area contributed by atoms with Crippen LogP contribution in [0.3, 0.4) is 0 Å². The Hall–Kier alpha value is -1.99. The van der Waals surface area contributed by atoms with Gasteiger partial charge in [0.2, 0.25) is 0 Å². The van der Waals surface area contributed by atoms with Crippen molar-refractivity contribution in [2.45, 2.75) is 6.42 Å². The van der Waals surface area contributed by atoms with Gasteiger partial charge in [-0.05, 0) is 12.1 Å². The number of hydrazine groups is 1. The van der Waals surface area contributed by atoms with Crippen LogP contribution in [0.1, 0.15) is 15.5 Å². The molecule has 0 aromatic carbocycles. The molecule has 0 aliphatic carbocycles. The molecule has 0 atom stereocenters. The van der Waals surface area contributed by atoms with E-state index in [0.29, 0.717) is 17.9 Å². The minimum atomic E-state index is -0.199. The van der Waals surface area contributed by atoms with Crippen molar-refractivity contribution in [1.29, 1.82) is 0 Å². The zero-order valence-electron chi connectivity index (χ0n) is 9.59. The summed E-state index contributed by atoms with van der Waals surface area (Å²) in [6.45, 7) is 0.547. The molecule has 0 saturated carbocycles. The van der Waals surface area contributed by atoms with Gasteiger partial charge in [-0.1, -0.05) is 0 Å². The van der Waals surface area contributed by atoms with Crippen LogP contribution >= 0.6 is 11.3 Å². The summed E-state index contributed by atoms with van der Waals surface area (Å²) in [6.07, 6.45) is 3.99. The average molecular weight is 263 g/mol. The largest absolute Gasteiger partial charge is 0.350 e. The van der Waals surface area contributed by atoms with Crippen molar-refractivity contribution in [3.05, 3.63) is 40.6 Å². The maximum Gasteiger partial charge on any atom is 0.269 e. The maximum absolute atomic E-state index is 11.7. The van der Waals surface area contributed by atoms with Gasteiger partial charge in [-0.15, -0.1) is 11.3 Å². The van der Waals surface area contributed by atoms with Crippen molar-refractivity contribution in [1.82, 2.24) is 15.3 Å². The Balaban J connectivity index is 1.83. The van der Waals surface area contributed by atoms with Gasteiger partial charge in [-0.25, -0.2) is 9.97 Å². The van der Waals surface area contributed by atoms with Crippen molar-refractivity contribution in [3.8, 4) is 0 Å². The third kappa shape index (κ3) is 3.25. The van der Waals surface area contributed by atoms with E-state index in [1.54, 1.807) is 29.7 Å². The van der Waals surface area contributed by atoms with Crippen LogP contribution in [-0.4, -0.2) is 22.4 Å². The molecule has 0 aliphatic heterocycles. The first-order valence-electron chi connectivity index (χ1n) is 5.39. The zero-order chi connectivity index (χ0) is 12.8. The molecule has 7 heteroatoms. The molecule has 0 saturated heterocycles. The number of nitrogens with one attached hydrogen (secondary N) is 2. The number of anilines is 1. The molecule has 94 valence electrons. The quantitative estimate of drug-likeness (QED) is 0.548. The van der Waals surface area contributed by atoms with E-state index in [1.807, 2.05) is 5.38 Å². The number of amides is 1. The molecule has 2 aromatic rings. The Labute approximate surface area is 108 Å². The van der Waals surface area contributed by atoms with Gasteiger partial charge in [0.15, 0.2) is 0 Å². The first-order chi connectivity index (χ1) is 8.79. The van der Waals surface area contributed by atoms with Crippen molar-refractivity contribution in [2.75, 3.05) is 12.0 Å². The second-order valence-corrected chi connectivity index (χ2v) is 4.49. The Morgan fingerprint density at radius 2 is 2.28 bits per heavy atom. The molecule has 2 aromatic heterocycles. The molecule has 18 heavy (non-hydrogen) atoms. The highest BCUT2D eigenvalue weighted by atomic mass is 32.1. The summed E-state index contributed by atoms with van der Waals surface area (Å²) >= 11 is 1.58. The van der Waals surface area contributed by atoms with E-state index in [2.05, 4.69) is 20.7 Å². The average Bonchev–Trinajstić information content (AvgIpc) is 2.92. The summed E-state index contributed by atoms with van der Waals surface area (Å²) in [4.78, 5) is 19.9. The lowest BCUT2D eigenvalue weighted by Crippen LogP contribution is -2.26. The summed E-state index contributed by atoms with van der Waals surface area (Å²) in [7, 11) is 0. The van der Waals surface area contributed by atoms with Crippen LogP contribution in [0.25, 0.3) is 0 Å². The van der Waals surface area contributed by atoms with Gasteiger partial charge >= 0.3 is 0 Å². The number of thiazole rings is 1. The van der Waals surface area contributed by atoms with Crippen LogP contribution in [0.4, 0.5) is 5.69 Å². The number of carbonyl (C=O) groups is 1. The van der Waals surface area contributed by atoms with Crippen molar-refractivity contribution in [2.24, 2.45) is 5.84 Å². The van der Waals surface area contributed by atoms with Crippen LogP contribution in [0, 0.1) is 0 Å². The summed E-state index contributed by atoms with van der Waals surface area (Å²) in [5, 5.41) is 5.71. The standard InChI is InChI=1S/C11H13N5OS/c12-16-8-1-2-9(15-7-8)11(17)14-4-3-10-13-5-6-18-10/h1-2,5-7,16H,3-4,12H2,(H,14,17). The van der Waals surface area contributed by atoms with Gasteiger partial charge in [0.1, 0.15) is 5.69 Å². The molecule has 2 rings (SSSR count). The van der Waals surface area contributed by atoms with Gasteiger partial charge in [0, 0.05) is 24.5 Å². The molecule has 2 heterocycles. The molecule has 0 radical (unpaired) electrons. The Bertz CT molecular complexity index is 497. The van der Waals surface area contributed by atoms with Crippen molar-refractivity contribution >= 4 is 22.9 Å². The lowest BCUT2D eigenvalue weighted by Gasteiger charge is -2.04. The lowest BCUT2D eigenvalue weighted by molar-refractivity contribution is 0.0949. The van der Waals surface area contributed by atoms with Gasteiger partial charge < -0.3 is 10.7 Å². The minimum absolute atomic E-state index is 0.199. The van der Waals surface area contributed by atoms with Crippen LogP contribution in [0.2, 0.25) is 0 Å². The zero-order valence-corrected chi connectivity index (χ0v) is 10.4. The highest BCUT2D eigenvalue weighted by molar-refractivity contribution is 7.09. The summed E-state index contributed by atoms with van der Waals surface area (Å²) in [5.41, 5.74) is 3.48. The maximum atomic E-state index is 11.7.